The van der Waals surface area contributed by atoms with Crippen molar-refractivity contribution in [2.24, 2.45) is 0 Å². The maximum absolute atomic E-state index is 11.7. The summed E-state index contributed by atoms with van der Waals surface area (Å²) < 4.78 is 37.5. The van der Waals surface area contributed by atoms with Gasteiger partial charge in [-0.15, -0.1) is 0 Å². The largest absolute Gasteiger partial charge is 0.748 e. The van der Waals surface area contributed by atoms with Crippen LogP contribution >= 0.6 is 47.8 Å². The van der Waals surface area contributed by atoms with Gasteiger partial charge in [0.1, 0.15) is 6.61 Å². The zero-order valence-electron chi connectivity index (χ0n) is 8.65. The molecule has 1 rings (SSSR count). The lowest BCUT2D eigenvalue weighted by molar-refractivity contribution is 0.0526. The molecule has 0 aliphatic heterocycles. The molecule has 18 heavy (non-hydrogen) atoms. The summed E-state index contributed by atoms with van der Waals surface area (Å²) in [6.07, 6.45) is 0. The average molecular weight is 466 g/mol. The summed E-state index contributed by atoms with van der Waals surface area (Å²) in [5, 5.41) is 0. The van der Waals surface area contributed by atoms with E-state index in [1.54, 1.807) is 12.1 Å². The van der Waals surface area contributed by atoms with Gasteiger partial charge in [-0.2, -0.15) is 0 Å². The highest BCUT2D eigenvalue weighted by molar-refractivity contribution is 9.11. The van der Waals surface area contributed by atoms with E-state index in [-0.39, 0.29) is 5.56 Å². The fourth-order valence-corrected chi connectivity index (χ4v) is 3.92. The quantitative estimate of drug-likeness (QED) is 0.504. The smallest absolute Gasteiger partial charge is 0.340 e. The highest BCUT2D eigenvalue weighted by Crippen LogP contribution is 2.30. The van der Waals surface area contributed by atoms with Crippen LogP contribution < -0.4 is 0 Å². The number of halogens is 3. The number of esters is 1. The number of benzene rings is 1. The second-order valence-electron chi connectivity index (χ2n) is 3.14. The minimum atomic E-state index is -4.39. The van der Waals surface area contributed by atoms with Gasteiger partial charge >= 0.3 is 5.97 Å². The van der Waals surface area contributed by atoms with Gasteiger partial charge in [-0.25, -0.2) is 13.2 Å². The number of carbonyl (C=O) groups excluding carboxylic acids is 1. The molecule has 0 amide bonds. The molecule has 1 aromatic carbocycles. The van der Waals surface area contributed by atoms with Crippen molar-refractivity contribution in [2.75, 3.05) is 12.4 Å². The molecule has 0 N–H and O–H groups in total. The van der Waals surface area contributed by atoms with E-state index in [1.165, 1.54) is 0 Å². The first-order valence-corrected chi connectivity index (χ1v) is 8.41. The predicted octanol–water partition coefficient (Wildman–Crippen LogP) is 2.68. The third-order valence-corrected chi connectivity index (χ3v) is 4.15. The number of hydrogen-bond acceptors (Lipinski definition) is 5. The molecule has 5 nitrogen and oxygen atoms in total. The first-order chi connectivity index (χ1) is 8.20. The van der Waals surface area contributed by atoms with Gasteiger partial charge in [0.25, 0.3) is 0 Å². The van der Waals surface area contributed by atoms with Gasteiger partial charge in [-0.1, -0.05) is 15.9 Å². The number of ether oxygens (including phenoxy) is 1. The van der Waals surface area contributed by atoms with E-state index in [1.807, 2.05) is 0 Å². The van der Waals surface area contributed by atoms with Crippen molar-refractivity contribution in [3.8, 4) is 0 Å². The number of hydrogen-bond donors (Lipinski definition) is 0. The van der Waals surface area contributed by atoms with Crippen LogP contribution in [0.1, 0.15) is 10.4 Å². The minimum Gasteiger partial charge on any atom is -0.748 e. The van der Waals surface area contributed by atoms with E-state index < -0.39 is 28.4 Å². The molecule has 100 valence electrons. The normalized spacial score (nSPS) is 11.3. The summed E-state index contributed by atoms with van der Waals surface area (Å²) in [7, 11) is -4.39. The third-order valence-electron chi connectivity index (χ3n) is 1.78. The molecule has 0 saturated carbocycles. The first-order valence-electron chi connectivity index (χ1n) is 4.46. The zero-order chi connectivity index (χ0) is 13.9. The lowest BCUT2D eigenvalue weighted by atomic mass is 10.2. The van der Waals surface area contributed by atoms with Gasteiger partial charge in [-0.3, -0.25) is 0 Å². The number of carbonyl (C=O) groups is 1. The second-order valence-corrected chi connectivity index (χ2v) is 7.29. The molecule has 0 spiro atoms. The zero-order valence-corrected chi connectivity index (χ0v) is 14.2. The Morgan fingerprint density at radius 3 is 2.17 bits per heavy atom. The Morgan fingerprint density at radius 2 is 1.72 bits per heavy atom. The van der Waals surface area contributed by atoms with Gasteiger partial charge in [0.2, 0.25) is 0 Å². The lowest BCUT2D eigenvalue weighted by Crippen LogP contribution is -2.15. The minimum absolute atomic E-state index is 0.224. The van der Waals surface area contributed by atoms with Crippen molar-refractivity contribution < 1.29 is 22.5 Å². The molecule has 0 aliphatic carbocycles. The molecule has 9 heteroatoms. The van der Waals surface area contributed by atoms with Gasteiger partial charge in [0.15, 0.2) is 0 Å². The second kappa shape index (κ2) is 6.47. The van der Waals surface area contributed by atoms with E-state index in [4.69, 9.17) is 4.74 Å². The number of rotatable bonds is 4. The maximum Gasteiger partial charge on any atom is 0.340 e. The standard InChI is InChI=1S/C9H7Br3O5S/c10-5-3-6(11)8(7(12)4-5)9(13)17-1-2-18(14,15)16/h3-4H,1-2H2,(H,14,15,16)/p-1. The SMILES string of the molecule is O=C(OCCS(=O)(=O)[O-])c1c(Br)cc(Br)cc1Br. The van der Waals surface area contributed by atoms with Crippen LogP contribution in [-0.2, 0) is 14.9 Å². The Labute approximate surface area is 129 Å². The summed E-state index contributed by atoms with van der Waals surface area (Å²) in [6, 6.07) is 3.29. The monoisotopic (exact) mass is 463 g/mol. The Morgan fingerprint density at radius 1 is 1.22 bits per heavy atom. The molecule has 1 aromatic rings. The van der Waals surface area contributed by atoms with Crippen molar-refractivity contribution in [1.82, 2.24) is 0 Å². The molecule has 0 unspecified atom stereocenters. The topological polar surface area (TPSA) is 83.5 Å². The molecule has 0 aromatic heterocycles. The molecule has 0 atom stereocenters. The van der Waals surface area contributed by atoms with Crippen molar-refractivity contribution >= 4 is 63.9 Å². The van der Waals surface area contributed by atoms with Crippen LogP contribution in [0.2, 0.25) is 0 Å². The highest BCUT2D eigenvalue weighted by atomic mass is 79.9. The Balaban J connectivity index is 2.80. The highest BCUT2D eigenvalue weighted by Gasteiger charge is 2.16. The Hall–Kier alpha value is 0.0400. The van der Waals surface area contributed by atoms with Crippen LogP contribution in [0.4, 0.5) is 0 Å². The van der Waals surface area contributed by atoms with Gasteiger partial charge in [-0.05, 0) is 44.0 Å². The fraction of sp³-hybridized carbons (Fsp3) is 0.222. The van der Waals surface area contributed by atoms with Crippen LogP contribution in [0.15, 0.2) is 25.6 Å². The van der Waals surface area contributed by atoms with Crippen LogP contribution in [0, 0.1) is 0 Å². The molecular weight excluding hydrogens is 460 g/mol. The molecule has 0 saturated heterocycles. The van der Waals surface area contributed by atoms with E-state index in [0.717, 1.165) is 4.47 Å². The predicted molar refractivity (Wildman–Crippen MR) is 74.4 cm³/mol. The summed E-state index contributed by atoms with van der Waals surface area (Å²) in [6.45, 7) is -0.473. The van der Waals surface area contributed by atoms with Crippen LogP contribution in [0.3, 0.4) is 0 Å². The fourth-order valence-electron chi connectivity index (χ4n) is 1.05. The van der Waals surface area contributed by atoms with Crippen molar-refractivity contribution in [1.29, 1.82) is 0 Å². The lowest BCUT2D eigenvalue weighted by Gasteiger charge is -2.10. The van der Waals surface area contributed by atoms with E-state index in [0.29, 0.717) is 8.95 Å². The Bertz CT molecular complexity index is 547. The van der Waals surface area contributed by atoms with Gasteiger partial charge in [0, 0.05) is 13.4 Å². The first kappa shape index (κ1) is 16.1. The molecule has 0 radical (unpaired) electrons. The van der Waals surface area contributed by atoms with Crippen molar-refractivity contribution in [3.63, 3.8) is 0 Å². The summed E-state index contributed by atoms with van der Waals surface area (Å²) in [5.41, 5.74) is 0.224. The van der Waals surface area contributed by atoms with Crippen LogP contribution in [0.25, 0.3) is 0 Å². The van der Waals surface area contributed by atoms with Crippen LogP contribution in [0.5, 0.6) is 0 Å². The van der Waals surface area contributed by atoms with Gasteiger partial charge < -0.3 is 9.29 Å². The van der Waals surface area contributed by atoms with E-state index in [2.05, 4.69) is 47.8 Å². The molecule has 0 bridgehead atoms. The van der Waals surface area contributed by atoms with Gasteiger partial charge in [0.05, 0.1) is 21.4 Å². The molecule has 0 heterocycles. The maximum atomic E-state index is 11.7. The average Bonchev–Trinajstić information content (AvgIpc) is 2.13. The molecule has 0 aliphatic rings. The molecular formula is C9H6Br3O5S-. The van der Waals surface area contributed by atoms with Crippen LogP contribution in [-0.4, -0.2) is 31.3 Å². The van der Waals surface area contributed by atoms with E-state index >= 15 is 0 Å². The van der Waals surface area contributed by atoms with Crippen molar-refractivity contribution in [2.45, 2.75) is 0 Å². The Kier molecular flexibility index (Phi) is 5.78. The summed E-state index contributed by atoms with van der Waals surface area (Å²) in [4.78, 5) is 11.7. The van der Waals surface area contributed by atoms with Crippen molar-refractivity contribution in [3.05, 3.63) is 31.1 Å². The summed E-state index contributed by atoms with van der Waals surface area (Å²) in [5.74, 6) is -1.46. The third kappa shape index (κ3) is 4.96. The van der Waals surface area contributed by atoms with E-state index in [9.17, 15) is 17.8 Å². The summed E-state index contributed by atoms with van der Waals surface area (Å²) >= 11 is 9.62. The molecule has 0 fully saturated rings.